The van der Waals surface area contributed by atoms with Crippen molar-refractivity contribution in [3.05, 3.63) is 29.8 Å². The molecule has 1 amide bonds. The summed E-state index contributed by atoms with van der Waals surface area (Å²) in [6.45, 7) is 5.86. The van der Waals surface area contributed by atoms with Crippen LogP contribution in [0.4, 0.5) is 0 Å². The van der Waals surface area contributed by atoms with Crippen molar-refractivity contribution < 1.29 is 17.9 Å². The molecule has 1 aliphatic heterocycles. The highest BCUT2D eigenvalue weighted by Gasteiger charge is 2.24. The summed E-state index contributed by atoms with van der Waals surface area (Å²) in [5.74, 6) is -0.127. The number of sulfonamides is 1. The second-order valence-electron chi connectivity index (χ2n) is 6.62. The maximum atomic E-state index is 12.4. The molecule has 1 heterocycles. The second-order valence-corrected chi connectivity index (χ2v) is 8.74. The zero-order valence-corrected chi connectivity index (χ0v) is 16.0. The Kier molecular flexibility index (Phi) is 6.56. The molecule has 25 heavy (non-hydrogen) atoms. The number of hydrogen-bond acceptors (Lipinski definition) is 5. The van der Waals surface area contributed by atoms with Gasteiger partial charge in [0.15, 0.2) is 0 Å². The van der Waals surface area contributed by atoms with Gasteiger partial charge in [-0.25, -0.2) is 12.7 Å². The lowest BCUT2D eigenvalue weighted by atomic mass is 10.2. The van der Waals surface area contributed by atoms with Gasteiger partial charge in [0.05, 0.1) is 23.6 Å². The number of morpholine rings is 1. The van der Waals surface area contributed by atoms with Crippen molar-refractivity contribution in [1.82, 2.24) is 14.5 Å². The van der Waals surface area contributed by atoms with Crippen LogP contribution in [0.15, 0.2) is 29.2 Å². The maximum absolute atomic E-state index is 12.4. The molecule has 8 heteroatoms. The lowest BCUT2D eigenvalue weighted by Crippen LogP contribution is -2.49. The van der Waals surface area contributed by atoms with Gasteiger partial charge in [-0.1, -0.05) is 18.2 Å². The van der Waals surface area contributed by atoms with Crippen LogP contribution < -0.4 is 5.32 Å². The Morgan fingerprint density at radius 3 is 2.44 bits per heavy atom. The molecular weight excluding hydrogens is 342 g/mol. The summed E-state index contributed by atoms with van der Waals surface area (Å²) in [7, 11) is -0.559. The monoisotopic (exact) mass is 369 g/mol. The smallest absolute Gasteiger partial charge is 0.242 e. The maximum Gasteiger partial charge on any atom is 0.242 e. The quantitative estimate of drug-likeness (QED) is 0.797. The third-order valence-electron chi connectivity index (χ3n) is 4.07. The van der Waals surface area contributed by atoms with Crippen molar-refractivity contribution in [2.24, 2.45) is 0 Å². The predicted octanol–water partition coefficient (Wildman–Crippen LogP) is 0.662. The molecule has 1 aromatic carbocycles. The van der Waals surface area contributed by atoms with Crippen LogP contribution in [-0.2, 0) is 26.1 Å². The van der Waals surface area contributed by atoms with E-state index in [4.69, 9.17) is 4.74 Å². The van der Waals surface area contributed by atoms with Crippen LogP contribution in [0.25, 0.3) is 0 Å². The first kappa shape index (κ1) is 19.8. The minimum Gasteiger partial charge on any atom is -0.373 e. The van der Waals surface area contributed by atoms with Gasteiger partial charge in [-0.2, -0.15) is 0 Å². The van der Waals surface area contributed by atoms with Crippen LogP contribution in [-0.4, -0.2) is 69.5 Å². The molecule has 0 aromatic heterocycles. The number of nitrogens with one attached hydrogen (secondary N) is 1. The summed E-state index contributed by atoms with van der Waals surface area (Å²) in [5, 5.41) is 2.82. The van der Waals surface area contributed by atoms with Gasteiger partial charge in [0.2, 0.25) is 15.9 Å². The Bertz CT molecular complexity index is 696. The molecule has 0 saturated carbocycles. The van der Waals surface area contributed by atoms with Gasteiger partial charge in [0.25, 0.3) is 0 Å². The highest BCUT2D eigenvalue weighted by Crippen LogP contribution is 2.18. The van der Waals surface area contributed by atoms with E-state index in [0.717, 1.165) is 0 Å². The normalized spacial score (nSPS) is 22.1. The highest BCUT2D eigenvalue weighted by atomic mass is 32.2. The van der Waals surface area contributed by atoms with E-state index in [-0.39, 0.29) is 36.1 Å². The van der Waals surface area contributed by atoms with Gasteiger partial charge < -0.3 is 10.1 Å². The van der Waals surface area contributed by atoms with Gasteiger partial charge in [-0.15, -0.1) is 0 Å². The van der Waals surface area contributed by atoms with E-state index in [1.165, 1.54) is 18.4 Å². The van der Waals surface area contributed by atoms with Crippen molar-refractivity contribution in [2.75, 3.05) is 33.7 Å². The number of carbonyl (C=O) groups is 1. The van der Waals surface area contributed by atoms with Crippen LogP contribution in [0, 0.1) is 0 Å². The SMILES string of the molecule is C[C@@H]1CN(CC(=O)NCc2ccccc2S(=O)(=O)N(C)C)C[C@@H](C)O1. The molecule has 0 bridgehead atoms. The van der Waals surface area contributed by atoms with Gasteiger partial charge >= 0.3 is 0 Å². The summed E-state index contributed by atoms with van der Waals surface area (Å²) >= 11 is 0. The number of benzene rings is 1. The average Bonchev–Trinajstić information content (AvgIpc) is 2.52. The van der Waals surface area contributed by atoms with Gasteiger partial charge in [-0.05, 0) is 25.5 Å². The van der Waals surface area contributed by atoms with E-state index in [9.17, 15) is 13.2 Å². The fourth-order valence-electron chi connectivity index (χ4n) is 2.96. The summed E-state index contributed by atoms with van der Waals surface area (Å²) in [4.78, 5) is 14.5. The molecule has 1 aliphatic rings. The van der Waals surface area contributed by atoms with Crippen LogP contribution in [0.1, 0.15) is 19.4 Å². The lowest BCUT2D eigenvalue weighted by molar-refractivity contribution is -0.126. The molecular formula is C17H27N3O4S. The van der Waals surface area contributed by atoms with Crippen LogP contribution in [0.5, 0.6) is 0 Å². The summed E-state index contributed by atoms with van der Waals surface area (Å²) in [6.07, 6.45) is 0.199. The fraction of sp³-hybridized carbons (Fsp3) is 0.588. The van der Waals surface area contributed by atoms with Crippen molar-refractivity contribution in [2.45, 2.75) is 37.5 Å². The summed E-state index contributed by atoms with van der Waals surface area (Å²) in [6, 6.07) is 6.72. The zero-order valence-electron chi connectivity index (χ0n) is 15.2. The topological polar surface area (TPSA) is 79.0 Å². The molecule has 2 atom stereocenters. The van der Waals surface area contributed by atoms with E-state index >= 15 is 0 Å². The van der Waals surface area contributed by atoms with E-state index in [2.05, 4.69) is 10.2 Å². The number of ether oxygens (including phenoxy) is 1. The first-order valence-electron chi connectivity index (χ1n) is 8.35. The predicted molar refractivity (Wildman–Crippen MR) is 95.6 cm³/mol. The third kappa shape index (κ3) is 5.24. The Balaban J connectivity index is 1.99. The molecule has 0 radical (unpaired) electrons. The van der Waals surface area contributed by atoms with E-state index in [1.54, 1.807) is 24.3 Å². The van der Waals surface area contributed by atoms with Crippen LogP contribution in [0.3, 0.4) is 0 Å². The number of rotatable bonds is 6. The van der Waals surface area contributed by atoms with Gasteiger partial charge in [-0.3, -0.25) is 9.69 Å². The van der Waals surface area contributed by atoms with Gasteiger partial charge in [0.1, 0.15) is 0 Å². The molecule has 1 fully saturated rings. The minimum atomic E-state index is -3.54. The Morgan fingerprint density at radius 2 is 1.84 bits per heavy atom. The van der Waals surface area contributed by atoms with E-state index in [0.29, 0.717) is 18.7 Å². The van der Waals surface area contributed by atoms with Crippen LogP contribution >= 0.6 is 0 Å². The third-order valence-corrected chi connectivity index (χ3v) is 5.99. The average molecular weight is 369 g/mol. The number of hydrogen-bond donors (Lipinski definition) is 1. The minimum absolute atomic E-state index is 0.0995. The molecule has 0 aliphatic carbocycles. The number of nitrogens with zero attached hydrogens (tertiary/aromatic N) is 2. The summed E-state index contributed by atoms with van der Waals surface area (Å²) in [5.41, 5.74) is 0.577. The van der Waals surface area contributed by atoms with Crippen molar-refractivity contribution in [1.29, 1.82) is 0 Å². The lowest BCUT2D eigenvalue weighted by Gasteiger charge is -2.34. The van der Waals surface area contributed by atoms with Crippen molar-refractivity contribution in [3.63, 3.8) is 0 Å². The molecule has 0 unspecified atom stereocenters. The van der Waals surface area contributed by atoms with Gasteiger partial charge in [0, 0.05) is 33.7 Å². The Morgan fingerprint density at radius 1 is 1.24 bits per heavy atom. The molecule has 7 nitrogen and oxygen atoms in total. The standard InChI is InChI=1S/C17H27N3O4S/c1-13-10-20(11-14(2)24-13)12-17(21)18-9-15-7-5-6-8-16(15)25(22,23)19(3)4/h5-8,13-14H,9-12H2,1-4H3,(H,18,21)/t13-,14-/m1/s1. The molecule has 1 N–H and O–H groups in total. The number of carbonyl (C=O) groups excluding carboxylic acids is 1. The van der Waals surface area contributed by atoms with Crippen molar-refractivity contribution >= 4 is 15.9 Å². The Labute approximate surface area is 150 Å². The number of amides is 1. The molecule has 1 saturated heterocycles. The van der Waals surface area contributed by atoms with Crippen LogP contribution in [0.2, 0.25) is 0 Å². The molecule has 140 valence electrons. The molecule has 1 aromatic rings. The van der Waals surface area contributed by atoms with Crippen molar-refractivity contribution in [3.8, 4) is 0 Å². The largest absolute Gasteiger partial charge is 0.373 e. The highest BCUT2D eigenvalue weighted by molar-refractivity contribution is 7.89. The van der Waals surface area contributed by atoms with E-state index < -0.39 is 10.0 Å². The first-order chi connectivity index (χ1) is 11.7. The zero-order chi connectivity index (χ0) is 18.6. The molecule has 2 rings (SSSR count). The summed E-state index contributed by atoms with van der Waals surface area (Å²) < 4.78 is 31.6. The Hall–Kier alpha value is -1.48. The molecule has 0 spiro atoms. The first-order valence-corrected chi connectivity index (χ1v) is 9.79. The second kappa shape index (κ2) is 8.27. The van der Waals surface area contributed by atoms with E-state index in [1.807, 2.05) is 13.8 Å². The fourth-order valence-corrected chi connectivity index (χ4v) is 4.08.